The van der Waals surface area contributed by atoms with Crippen LogP contribution >= 0.6 is 0 Å². The molecule has 1 heterocycles. The first-order valence-electron chi connectivity index (χ1n) is 11.2. The van der Waals surface area contributed by atoms with E-state index in [1.807, 2.05) is 0 Å². The summed E-state index contributed by atoms with van der Waals surface area (Å²) >= 11 is 0. The Labute approximate surface area is 208 Å². The van der Waals surface area contributed by atoms with Crippen LogP contribution in [0.25, 0.3) is 11.1 Å². The number of imide groups is 1. The maximum absolute atomic E-state index is 13.0. The van der Waals surface area contributed by atoms with E-state index in [1.54, 1.807) is 55.5 Å². The van der Waals surface area contributed by atoms with Gasteiger partial charge in [-0.05, 0) is 24.6 Å². The number of para-hydroxylation sites is 3. The number of fused-ring (bicyclic) bond motifs is 1. The van der Waals surface area contributed by atoms with Crippen LogP contribution in [0.1, 0.15) is 36.0 Å². The van der Waals surface area contributed by atoms with E-state index in [9.17, 15) is 27.9 Å². The SMILES string of the molecule is CCC[C@H](NC(=O)N(CCS(=O)(=O)Cc1ccccc1OC)C(=O)O)C(=O)c1nc2ccccc2o1. The second-order valence-corrected chi connectivity index (χ2v) is 10.2. The third kappa shape index (κ3) is 6.60. The van der Waals surface area contributed by atoms with Crippen molar-refractivity contribution in [2.24, 2.45) is 0 Å². The van der Waals surface area contributed by atoms with Gasteiger partial charge < -0.3 is 19.6 Å². The summed E-state index contributed by atoms with van der Waals surface area (Å²) < 4.78 is 35.9. The summed E-state index contributed by atoms with van der Waals surface area (Å²) in [7, 11) is -2.39. The highest BCUT2D eigenvalue weighted by Gasteiger charge is 2.30. The monoisotopic (exact) mass is 517 g/mol. The Morgan fingerprint density at radius 2 is 1.83 bits per heavy atom. The molecule has 1 aromatic heterocycles. The van der Waals surface area contributed by atoms with E-state index in [4.69, 9.17) is 9.15 Å². The van der Waals surface area contributed by atoms with Crippen LogP contribution in [0.4, 0.5) is 9.59 Å². The van der Waals surface area contributed by atoms with Gasteiger partial charge in [0.15, 0.2) is 15.4 Å². The number of carbonyl (C=O) groups is 3. The molecule has 0 unspecified atom stereocenters. The smallest absolute Gasteiger partial charge is 0.415 e. The Morgan fingerprint density at radius 1 is 1.14 bits per heavy atom. The van der Waals surface area contributed by atoms with Crippen molar-refractivity contribution in [3.05, 3.63) is 60.0 Å². The van der Waals surface area contributed by atoms with Crippen molar-refractivity contribution in [1.29, 1.82) is 0 Å². The van der Waals surface area contributed by atoms with E-state index >= 15 is 0 Å². The molecule has 0 spiro atoms. The molecule has 192 valence electrons. The molecule has 0 aliphatic rings. The molecule has 1 atom stereocenters. The number of carboxylic acid groups (broad SMARTS) is 1. The molecule has 0 saturated carbocycles. The number of carbonyl (C=O) groups excluding carboxylic acids is 2. The van der Waals surface area contributed by atoms with Crippen LogP contribution in [0.15, 0.2) is 52.9 Å². The molecule has 3 amide bonds. The van der Waals surface area contributed by atoms with Gasteiger partial charge in [-0.1, -0.05) is 43.7 Å². The van der Waals surface area contributed by atoms with Crippen LogP contribution < -0.4 is 10.1 Å². The lowest BCUT2D eigenvalue weighted by Crippen LogP contribution is -2.50. The highest BCUT2D eigenvalue weighted by molar-refractivity contribution is 7.90. The number of ether oxygens (including phenoxy) is 1. The minimum absolute atomic E-state index is 0.197. The van der Waals surface area contributed by atoms with Crippen molar-refractivity contribution in [3.8, 4) is 5.75 Å². The summed E-state index contributed by atoms with van der Waals surface area (Å²) in [5, 5.41) is 11.9. The molecule has 36 heavy (non-hydrogen) atoms. The zero-order valence-electron chi connectivity index (χ0n) is 19.8. The number of rotatable bonds is 11. The van der Waals surface area contributed by atoms with Crippen molar-refractivity contribution < 1.29 is 37.1 Å². The van der Waals surface area contributed by atoms with E-state index in [2.05, 4.69) is 10.3 Å². The Bertz CT molecular complexity index is 1320. The summed E-state index contributed by atoms with van der Waals surface area (Å²) in [5.41, 5.74) is 1.28. The topological polar surface area (TPSA) is 156 Å². The van der Waals surface area contributed by atoms with Crippen LogP contribution in [-0.4, -0.2) is 66.8 Å². The van der Waals surface area contributed by atoms with Gasteiger partial charge in [0.1, 0.15) is 11.3 Å². The summed E-state index contributed by atoms with van der Waals surface area (Å²) in [4.78, 5) is 42.0. The van der Waals surface area contributed by atoms with Crippen molar-refractivity contribution in [2.45, 2.75) is 31.6 Å². The van der Waals surface area contributed by atoms with Crippen LogP contribution in [0, 0.1) is 0 Å². The summed E-state index contributed by atoms with van der Waals surface area (Å²) in [6.45, 7) is 1.17. The van der Waals surface area contributed by atoms with Gasteiger partial charge in [-0.3, -0.25) is 4.79 Å². The van der Waals surface area contributed by atoms with E-state index < -0.39 is 46.1 Å². The van der Waals surface area contributed by atoms with Gasteiger partial charge >= 0.3 is 12.1 Å². The lowest BCUT2D eigenvalue weighted by Gasteiger charge is -2.22. The second-order valence-electron chi connectivity index (χ2n) is 7.98. The fourth-order valence-electron chi connectivity index (χ4n) is 3.56. The van der Waals surface area contributed by atoms with Crippen molar-refractivity contribution in [2.75, 3.05) is 19.4 Å². The highest BCUT2D eigenvalue weighted by atomic mass is 32.2. The zero-order chi connectivity index (χ0) is 26.3. The Hall–Kier alpha value is -3.93. The van der Waals surface area contributed by atoms with Crippen LogP contribution in [-0.2, 0) is 15.6 Å². The first-order chi connectivity index (χ1) is 17.1. The normalized spacial score (nSPS) is 12.2. The molecule has 2 aromatic carbocycles. The predicted molar refractivity (Wildman–Crippen MR) is 131 cm³/mol. The Balaban J connectivity index is 1.70. The third-order valence-corrected chi connectivity index (χ3v) is 6.92. The summed E-state index contributed by atoms with van der Waals surface area (Å²) in [6, 6.07) is 11.1. The number of sulfone groups is 1. The lowest BCUT2D eigenvalue weighted by atomic mass is 10.1. The molecule has 0 aliphatic heterocycles. The third-order valence-electron chi connectivity index (χ3n) is 5.37. The number of benzene rings is 2. The van der Waals surface area contributed by atoms with Crippen molar-refractivity contribution >= 4 is 38.8 Å². The number of hydrogen-bond donors (Lipinski definition) is 2. The highest BCUT2D eigenvalue weighted by Crippen LogP contribution is 2.20. The minimum atomic E-state index is -3.80. The quantitative estimate of drug-likeness (QED) is 0.363. The average Bonchev–Trinajstić information content (AvgIpc) is 3.27. The number of ketones is 1. The van der Waals surface area contributed by atoms with E-state index in [0.29, 0.717) is 33.7 Å². The molecule has 0 radical (unpaired) electrons. The molecule has 0 aliphatic carbocycles. The molecule has 3 aromatic rings. The maximum Gasteiger partial charge on any atom is 0.415 e. The average molecular weight is 518 g/mol. The maximum atomic E-state index is 13.0. The van der Waals surface area contributed by atoms with Crippen molar-refractivity contribution in [1.82, 2.24) is 15.2 Å². The fourth-order valence-corrected chi connectivity index (χ4v) is 4.87. The van der Waals surface area contributed by atoms with Gasteiger partial charge in [0.2, 0.25) is 5.78 Å². The van der Waals surface area contributed by atoms with Gasteiger partial charge in [-0.15, -0.1) is 0 Å². The number of oxazole rings is 1. The van der Waals surface area contributed by atoms with E-state index in [-0.39, 0.29) is 18.1 Å². The Morgan fingerprint density at radius 3 is 2.50 bits per heavy atom. The molecular weight excluding hydrogens is 490 g/mol. The van der Waals surface area contributed by atoms with Crippen LogP contribution in [0.5, 0.6) is 5.75 Å². The fraction of sp³-hybridized carbons (Fsp3) is 0.333. The number of Topliss-reactive ketones (excluding diaryl/α,β-unsaturated/α-hetero) is 1. The van der Waals surface area contributed by atoms with Gasteiger partial charge in [-0.25, -0.2) is 27.9 Å². The minimum Gasteiger partial charge on any atom is -0.496 e. The number of methoxy groups -OCH3 is 1. The molecule has 12 heteroatoms. The van der Waals surface area contributed by atoms with Crippen molar-refractivity contribution in [3.63, 3.8) is 0 Å². The first kappa shape index (κ1) is 26.7. The van der Waals surface area contributed by atoms with Crippen LogP contribution in [0.3, 0.4) is 0 Å². The lowest BCUT2D eigenvalue weighted by molar-refractivity contribution is 0.0899. The van der Waals surface area contributed by atoms with Gasteiger partial charge in [0, 0.05) is 12.1 Å². The molecular formula is C24H27N3O8S. The number of nitrogens with one attached hydrogen (secondary N) is 1. The largest absolute Gasteiger partial charge is 0.496 e. The number of nitrogens with zero attached hydrogens (tertiary/aromatic N) is 2. The molecule has 11 nitrogen and oxygen atoms in total. The number of amides is 3. The van der Waals surface area contributed by atoms with E-state index in [0.717, 1.165) is 0 Å². The van der Waals surface area contributed by atoms with Crippen LogP contribution in [0.2, 0.25) is 0 Å². The van der Waals surface area contributed by atoms with Gasteiger partial charge in [-0.2, -0.15) is 0 Å². The Kier molecular flexibility index (Phi) is 8.64. The molecule has 0 bridgehead atoms. The first-order valence-corrected chi connectivity index (χ1v) is 13.0. The standard InChI is InChI=1S/C24H27N3O8S/c1-3-8-18(21(28)22-25-17-10-5-7-12-20(17)35-22)26-23(29)27(24(30)31)13-14-36(32,33)15-16-9-4-6-11-19(16)34-2/h4-7,9-12,18H,3,8,13-15H2,1-2H3,(H,26,29)(H,30,31)/t18-/m0/s1. The summed E-state index contributed by atoms with van der Waals surface area (Å²) in [5.74, 6) is -1.44. The van der Waals surface area contributed by atoms with E-state index in [1.165, 1.54) is 7.11 Å². The summed E-state index contributed by atoms with van der Waals surface area (Å²) in [6.07, 6.45) is -0.954. The van der Waals surface area contributed by atoms with Gasteiger partial charge in [0.05, 0.1) is 24.7 Å². The number of urea groups is 1. The van der Waals surface area contributed by atoms with Gasteiger partial charge in [0.25, 0.3) is 5.89 Å². The molecule has 3 rings (SSSR count). The molecule has 2 N–H and O–H groups in total. The predicted octanol–water partition coefficient (Wildman–Crippen LogP) is 3.49. The second kappa shape index (κ2) is 11.7. The molecule has 0 fully saturated rings. The number of aromatic nitrogens is 1. The molecule has 0 saturated heterocycles. The number of hydrogen-bond acceptors (Lipinski definition) is 8. The zero-order valence-corrected chi connectivity index (χ0v) is 20.7.